The van der Waals surface area contributed by atoms with Crippen LogP contribution in [-0.4, -0.2) is 165 Å². The Morgan fingerprint density at radius 1 is 0.451 bits per heavy atom. The van der Waals surface area contributed by atoms with Gasteiger partial charge in [0, 0.05) is 5.56 Å². The number of ketones is 1. The van der Waals surface area contributed by atoms with E-state index in [1.165, 1.54) is 0 Å². The molecule has 14 nitrogen and oxygen atoms in total. The number of rotatable bonds is 36. The van der Waals surface area contributed by atoms with Crippen LogP contribution in [0.4, 0.5) is 0 Å². The number of ether oxygens (including phenoxy) is 11. The number of carbonyl (C=O) groups excluding carboxylic acids is 2. The van der Waals surface area contributed by atoms with Gasteiger partial charge in [0.1, 0.15) is 6.61 Å². The highest BCUT2D eigenvalue weighted by molar-refractivity contribution is 6.74. The second-order valence-corrected chi connectivity index (χ2v) is 17.4. The summed E-state index contributed by atoms with van der Waals surface area (Å²) in [5, 5.41) is 0.209. The van der Waals surface area contributed by atoms with Gasteiger partial charge in [-0.3, -0.25) is 4.79 Å². The first-order valence-corrected chi connectivity index (χ1v) is 20.7. The molecule has 0 N–H and O–H groups in total. The van der Waals surface area contributed by atoms with Crippen LogP contribution in [-0.2, 0) is 61.3 Å². The van der Waals surface area contributed by atoms with Gasteiger partial charge in [-0.15, -0.1) is 0 Å². The largest absolute Gasteiger partial charge is 0.457 e. The average molecular weight is 749 g/mol. The summed E-state index contributed by atoms with van der Waals surface area (Å²) in [7, 11) is -1.71. The van der Waals surface area contributed by atoms with Gasteiger partial charge in [0.15, 0.2) is 8.32 Å². The summed E-state index contributed by atoms with van der Waals surface area (Å²) in [6.45, 7) is 21.1. The van der Waals surface area contributed by atoms with Crippen molar-refractivity contribution in [1.82, 2.24) is 0 Å². The number of benzene rings is 1. The molecule has 0 saturated heterocycles. The lowest BCUT2D eigenvalue weighted by atomic mass is 10.1. The number of esters is 1. The van der Waals surface area contributed by atoms with Crippen LogP contribution in [0.1, 0.15) is 31.1 Å². The topological polar surface area (TPSA) is 145 Å². The minimum absolute atomic E-state index is 0.00265. The fraction of sp³-hybridized carbons (Fsp3) is 0.778. The molecule has 51 heavy (non-hydrogen) atoms. The van der Waals surface area contributed by atoms with Crippen molar-refractivity contribution in [2.24, 2.45) is 0 Å². The van der Waals surface area contributed by atoms with Gasteiger partial charge >= 0.3 is 5.97 Å². The molecule has 0 fully saturated rings. The molecule has 0 heterocycles. The minimum Gasteiger partial charge on any atom is -0.457 e. The van der Waals surface area contributed by atoms with Gasteiger partial charge in [-0.25, -0.2) is 4.79 Å². The molecule has 296 valence electrons. The van der Waals surface area contributed by atoms with Crippen molar-refractivity contribution in [2.75, 3.05) is 145 Å². The van der Waals surface area contributed by atoms with Crippen molar-refractivity contribution in [3.63, 3.8) is 0 Å². The average Bonchev–Trinajstić information content (AvgIpc) is 3.11. The summed E-state index contributed by atoms with van der Waals surface area (Å²) in [6.07, 6.45) is 0. The Labute approximate surface area is 306 Å². The Bertz CT molecular complexity index is 961. The minimum atomic E-state index is -1.71. The Balaban J connectivity index is 1.68. The normalized spacial score (nSPS) is 12.0. The van der Waals surface area contributed by atoms with Crippen LogP contribution in [0.2, 0.25) is 18.1 Å². The first-order valence-electron chi connectivity index (χ1n) is 17.8. The Morgan fingerprint density at radius 3 is 1.02 bits per heavy atom. The highest BCUT2D eigenvalue weighted by Gasteiger charge is 2.36. The van der Waals surface area contributed by atoms with Gasteiger partial charge in [-0.2, -0.15) is 0 Å². The molecular formula is C36H64O14Si. The van der Waals surface area contributed by atoms with Crippen LogP contribution in [0, 0.1) is 0 Å². The molecule has 0 radical (unpaired) electrons. The molecule has 0 unspecified atom stereocenters. The lowest BCUT2D eigenvalue weighted by molar-refractivity contribution is -0.139. The van der Waals surface area contributed by atoms with E-state index < -0.39 is 20.1 Å². The van der Waals surface area contributed by atoms with Crippen molar-refractivity contribution in [3.8, 4) is 0 Å². The summed E-state index contributed by atoms with van der Waals surface area (Å²) in [5.74, 6) is -1.57. The van der Waals surface area contributed by atoms with Gasteiger partial charge in [-0.1, -0.05) is 51.1 Å². The third-order valence-electron chi connectivity index (χ3n) is 7.53. The van der Waals surface area contributed by atoms with Gasteiger partial charge in [-0.05, 0) is 18.1 Å². The molecule has 1 aromatic rings. The van der Waals surface area contributed by atoms with Crippen LogP contribution in [0.25, 0.3) is 0 Å². The second-order valence-electron chi connectivity index (χ2n) is 12.6. The quantitative estimate of drug-likeness (QED) is 0.0324. The molecule has 1 aromatic carbocycles. The van der Waals surface area contributed by atoms with Crippen LogP contribution < -0.4 is 0 Å². The molecule has 0 bridgehead atoms. The number of Topliss-reactive ketones (excluding diaryl/α,β-unsaturated/α-hetero) is 1. The SMILES string of the molecule is CC(C)(C)[Si](C)(C)OCCOCCOCCOCCOCCOCCOCCOCCOCCOCCOCCOC(=O)C(=O)c1ccccc1. The standard InChI is InChI=1S/C36H64O14Si/c1-36(2,3)51(4,5)50-32-30-48-28-26-46-24-22-44-20-18-42-16-14-40-12-11-39-13-15-41-17-19-43-21-23-45-25-27-47-29-31-49-35(38)34(37)33-9-7-6-8-10-33/h6-10H,11-32H2,1-5H3. The molecular weight excluding hydrogens is 684 g/mol. The number of hydrogen-bond acceptors (Lipinski definition) is 14. The van der Waals surface area contributed by atoms with Crippen molar-refractivity contribution in [1.29, 1.82) is 0 Å². The van der Waals surface area contributed by atoms with Crippen molar-refractivity contribution in [2.45, 2.75) is 38.9 Å². The van der Waals surface area contributed by atoms with E-state index in [-0.39, 0.29) is 18.3 Å². The zero-order valence-corrected chi connectivity index (χ0v) is 32.7. The molecule has 0 saturated carbocycles. The predicted molar refractivity (Wildman–Crippen MR) is 193 cm³/mol. The number of carbonyl (C=O) groups is 2. The smallest absolute Gasteiger partial charge is 0.379 e. The van der Waals surface area contributed by atoms with E-state index in [4.69, 9.17) is 56.5 Å². The molecule has 0 aromatic heterocycles. The molecule has 0 spiro atoms. The maximum absolute atomic E-state index is 11.9. The van der Waals surface area contributed by atoms with Crippen molar-refractivity contribution >= 4 is 20.1 Å². The maximum Gasteiger partial charge on any atom is 0.379 e. The number of hydrogen-bond donors (Lipinski definition) is 0. The Kier molecular flexibility index (Phi) is 29.3. The van der Waals surface area contributed by atoms with E-state index >= 15 is 0 Å². The van der Waals surface area contributed by atoms with E-state index in [1.54, 1.807) is 30.3 Å². The zero-order chi connectivity index (χ0) is 37.3. The molecule has 0 amide bonds. The third-order valence-corrected chi connectivity index (χ3v) is 12.1. The predicted octanol–water partition coefficient (Wildman–Crippen LogP) is 3.60. The zero-order valence-electron chi connectivity index (χ0n) is 31.7. The van der Waals surface area contributed by atoms with E-state index in [0.717, 1.165) is 0 Å². The van der Waals surface area contributed by atoms with Gasteiger partial charge in [0.05, 0.1) is 139 Å². The van der Waals surface area contributed by atoms with Crippen LogP contribution >= 0.6 is 0 Å². The summed E-state index contributed by atoms with van der Waals surface area (Å²) < 4.78 is 65.7. The molecule has 0 aliphatic carbocycles. The van der Waals surface area contributed by atoms with Gasteiger partial charge in [0.25, 0.3) is 5.78 Å². The van der Waals surface area contributed by atoms with Crippen LogP contribution in [0.3, 0.4) is 0 Å². The van der Waals surface area contributed by atoms with E-state index in [9.17, 15) is 9.59 Å². The molecule has 1 rings (SSSR count). The Hall–Kier alpha value is -1.86. The maximum atomic E-state index is 11.9. The summed E-state index contributed by atoms with van der Waals surface area (Å²) >= 11 is 0. The van der Waals surface area contributed by atoms with E-state index in [0.29, 0.717) is 138 Å². The lowest BCUT2D eigenvalue weighted by Crippen LogP contribution is -2.41. The van der Waals surface area contributed by atoms with E-state index in [1.807, 2.05) is 0 Å². The van der Waals surface area contributed by atoms with Gasteiger partial charge < -0.3 is 56.5 Å². The molecule has 0 aliphatic heterocycles. The third kappa shape index (κ3) is 27.4. The monoisotopic (exact) mass is 748 g/mol. The van der Waals surface area contributed by atoms with Crippen LogP contribution in [0.15, 0.2) is 30.3 Å². The summed E-state index contributed by atoms with van der Waals surface area (Å²) in [4.78, 5) is 23.6. The summed E-state index contributed by atoms with van der Waals surface area (Å²) in [6, 6.07) is 8.26. The highest BCUT2D eigenvalue weighted by Crippen LogP contribution is 2.36. The first kappa shape index (κ1) is 47.2. The molecule has 0 atom stereocenters. The van der Waals surface area contributed by atoms with E-state index in [2.05, 4.69) is 33.9 Å². The fourth-order valence-corrected chi connectivity index (χ4v) is 4.65. The molecule has 15 heteroatoms. The Morgan fingerprint density at radius 2 is 0.725 bits per heavy atom. The lowest BCUT2D eigenvalue weighted by Gasteiger charge is -2.36. The van der Waals surface area contributed by atoms with Gasteiger partial charge in [0.2, 0.25) is 0 Å². The first-order chi connectivity index (χ1) is 24.6. The second kappa shape index (κ2) is 31.6. The van der Waals surface area contributed by atoms with Crippen molar-refractivity contribution in [3.05, 3.63) is 35.9 Å². The molecule has 0 aliphatic rings. The van der Waals surface area contributed by atoms with Crippen molar-refractivity contribution < 1.29 is 66.1 Å². The highest BCUT2D eigenvalue weighted by atomic mass is 28.4. The summed E-state index contributed by atoms with van der Waals surface area (Å²) in [5.41, 5.74) is 0.296. The van der Waals surface area contributed by atoms with Crippen LogP contribution in [0.5, 0.6) is 0 Å². The fourth-order valence-electron chi connectivity index (χ4n) is 3.62.